The molecule has 1 N–H and O–H groups in total. The summed E-state index contributed by atoms with van der Waals surface area (Å²) in [6, 6.07) is 2.68. The predicted molar refractivity (Wildman–Crippen MR) is 65.6 cm³/mol. The Morgan fingerprint density at radius 3 is 3.31 bits per heavy atom. The average molecular weight is 218 g/mol. The molecule has 3 heteroatoms. The maximum atomic E-state index is 5.37. The summed E-state index contributed by atoms with van der Waals surface area (Å²) in [5, 5.41) is 3.21. The smallest absolute Gasteiger partial charge is 0.216 e. The first-order valence-electron chi connectivity index (χ1n) is 5.75. The van der Waals surface area contributed by atoms with E-state index in [4.69, 9.17) is 4.74 Å². The number of pyridine rings is 1. The highest BCUT2D eigenvalue weighted by atomic mass is 16.5. The Morgan fingerprint density at radius 1 is 1.62 bits per heavy atom. The van der Waals surface area contributed by atoms with Crippen LogP contribution in [-0.4, -0.2) is 24.7 Å². The number of nitrogens with zero attached hydrogens (tertiary/aromatic N) is 1. The van der Waals surface area contributed by atoms with E-state index in [-0.39, 0.29) is 0 Å². The van der Waals surface area contributed by atoms with Gasteiger partial charge in [0.25, 0.3) is 0 Å². The zero-order valence-corrected chi connectivity index (χ0v) is 9.86. The second-order valence-electron chi connectivity index (χ2n) is 4.16. The lowest BCUT2D eigenvalue weighted by Gasteiger charge is -2.05. The Bertz CT molecular complexity index is 388. The molecular formula is C13H18N2O. The van der Waals surface area contributed by atoms with Crippen LogP contribution in [0.5, 0.6) is 5.88 Å². The summed E-state index contributed by atoms with van der Waals surface area (Å²) >= 11 is 0. The van der Waals surface area contributed by atoms with Gasteiger partial charge in [-0.1, -0.05) is 12.2 Å². The van der Waals surface area contributed by atoms with Gasteiger partial charge in [0.15, 0.2) is 0 Å². The molecule has 1 atom stereocenters. The van der Waals surface area contributed by atoms with Gasteiger partial charge in [-0.3, -0.25) is 0 Å². The molecule has 2 rings (SSSR count). The summed E-state index contributed by atoms with van der Waals surface area (Å²) in [6.45, 7) is 2.94. The van der Waals surface area contributed by atoms with Gasteiger partial charge in [0.1, 0.15) is 0 Å². The minimum Gasteiger partial charge on any atom is -0.477 e. The normalized spacial score (nSPS) is 16.1. The van der Waals surface area contributed by atoms with Crippen LogP contribution >= 0.6 is 0 Å². The van der Waals surface area contributed by atoms with Crippen molar-refractivity contribution in [3.63, 3.8) is 0 Å². The highest BCUT2D eigenvalue weighted by Gasteiger charge is 2.12. The molecule has 0 saturated heterocycles. The van der Waals surface area contributed by atoms with E-state index in [0.29, 0.717) is 6.04 Å². The SMILES string of the molecule is CNC(C)CC=Cc1cnc2c(c1)CCO2. The highest BCUT2D eigenvalue weighted by molar-refractivity contribution is 5.51. The lowest BCUT2D eigenvalue weighted by atomic mass is 10.1. The van der Waals surface area contributed by atoms with Crippen molar-refractivity contribution in [2.24, 2.45) is 0 Å². The molecule has 16 heavy (non-hydrogen) atoms. The molecule has 0 spiro atoms. The van der Waals surface area contributed by atoms with Gasteiger partial charge in [-0.25, -0.2) is 4.98 Å². The van der Waals surface area contributed by atoms with E-state index in [1.807, 2.05) is 13.2 Å². The molecule has 1 aliphatic rings. The van der Waals surface area contributed by atoms with E-state index >= 15 is 0 Å². The maximum Gasteiger partial charge on any atom is 0.216 e. The highest BCUT2D eigenvalue weighted by Crippen LogP contribution is 2.23. The summed E-state index contributed by atoms with van der Waals surface area (Å²) in [5.41, 5.74) is 2.39. The molecule has 1 unspecified atom stereocenters. The zero-order valence-electron chi connectivity index (χ0n) is 9.86. The van der Waals surface area contributed by atoms with Gasteiger partial charge in [-0.2, -0.15) is 0 Å². The van der Waals surface area contributed by atoms with Crippen molar-refractivity contribution in [2.45, 2.75) is 25.8 Å². The third kappa shape index (κ3) is 2.61. The first-order chi connectivity index (χ1) is 7.79. The van der Waals surface area contributed by atoms with E-state index < -0.39 is 0 Å². The summed E-state index contributed by atoms with van der Waals surface area (Å²) < 4.78 is 5.37. The fourth-order valence-corrected chi connectivity index (χ4v) is 1.70. The van der Waals surface area contributed by atoms with Crippen LogP contribution in [0.25, 0.3) is 6.08 Å². The Morgan fingerprint density at radius 2 is 2.50 bits per heavy atom. The van der Waals surface area contributed by atoms with Crippen molar-refractivity contribution < 1.29 is 4.74 Å². The topological polar surface area (TPSA) is 34.2 Å². The van der Waals surface area contributed by atoms with E-state index in [2.05, 4.69) is 35.4 Å². The zero-order chi connectivity index (χ0) is 11.4. The van der Waals surface area contributed by atoms with Gasteiger partial charge in [-0.05, 0) is 32.0 Å². The first-order valence-corrected chi connectivity index (χ1v) is 5.75. The van der Waals surface area contributed by atoms with Gasteiger partial charge in [0.2, 0.25) is 5.88 Å². The van der Waals surface area contributed by atoms with Crippen molar-refractivity contribution in [3.05, 3.63) is 29.5 Å². The fourth-order valence-electron chi connectivity index (χ4n) is 1.70. The molecule has 0 bridgehead atoms. The Labute approximate surface area is 96.5 Å². The monoisotopic (exact) mass is 218 g/mol. The van der Waals surface area contributed by atoms with Crippen molar-refractivity contribution in [2.75, 3.05) is 13.7 Å². The summed E-state index contributed by atoms with van der Waals surface area (Å²) in [4.78, 5) is 4.29. The third-order valence-electron chi connectivity index (χ3n) is 2.85. The minimum atomic E-state index is 0.516. The van der Waals surface area contributed by atoms with E-state index in [1.54, 1.807) is 0 Å². The Balaban J connectivity index is 2.00. The van der Waals surface area contributed by atoms with Crippen LogP contribution in [0.3, 0.4) is 0 Å². The van der Waals surface area contributed by atoms with Gasteiger partial charge in [-0.15, -0.1) is 0 Å². The number of ether oxygens (including phenoxy) is 1. The number of fused-ring (bicyclic) bond motifs is 1. The van der Waals surface area contributed by atoms with Crippen molar-refractivity contribution in [1.29, 1.82) is 0 Å². The standard InChI is InChI=1S/C13H18N2O/c1-10(14-2)4-3-5-11-8-12-6-7-16-13(12)15-9-11/h3,5,8-10,14H,4,6-7H2,1-2H3. The van der Waals surface area contributed by atoms with Crippen LogP contribution in [-0.2, 0) is 6.42 Å². The van der Waals surface area contributed by atoms with Crippen LogP contribution in [0.1, 0.15) is 24.5 Å². The molecule has 0 radical (unpaired) electrons. The van der Waals surface area contributed by atoms with Gasteiger partial charge in [0.05, 0.1) is 6.61 Å². The second kappa shape index (κ2) is 5.12. The quantitative estimate of drug-likeness (QED) is 0.839. The first kappa shape index (κ1) is 11.1. The predicted octanol–water partition coefficient (Wildman–Crippen LogP) is 2.03. The lowest BCUT2D eigenvalue weighted by Crippen LogP contribution is -2.19. The number of aromatic nitrogens is 1. The molecular weight excluding hydrogens is 200 g/mol. The molecule has 0 amide bonds. The Kier molecular flexibility index (Phi) is 3.57. The third-order valence-corrected chi connectivity index (χ3v) is 2.85. The molecule has 0 fully saturated rings. The summed E-state index contributed by atoms with van der Waals surface area (Å²) in [6.07, 6.45) is 8.19. The van der Waals surface area contributed by atoms with Gasteiger partial charge >= 0.3 is 0 Å². The van der Waals surface area contributed by atoms with E-state index in [9.17, 15) is 0 Å². The molecule has 1 aromatic rings. The minimum absolute atomic E-state index is 0.516. The van der Waals surface area contributed by atoms with E-state index in [0.717, 1.165) is 30.9 Å². The molecule has 1 aromatic heterocycles. The average Bonchev–Trinajstić information content (AvgIpc) is 2.76. The van der Waals surface area contributed by atoms with Crippen LogP contribution in [0.15, 0.2) is 18.3 Å². The van der Waals surface area contributed by atoms with E-state index in [1.165, 1.54) is 5.56 Å². The number of hydrogen-bond donors (Lipinski definition) is 1. The van der Waals surface area contributed by atoms with Crippen molar-refractivity contribution in [1.82, 2.24) is 10.3 Å². The van der Waals surface area contributed by atoms with Gasteiger partial charge < -0.3 is 10.1 Å². The van der Waals surface area contributed by atoms with Crippen LogP contribution in [0, 0.1) is 0 Å². The lowest BCUT2D eigenvalue weighted by molar-refractivity contribution is 0.345. The molecule has 86 valence electrons. The number of nitrogens with one attached hydrogen (secondary N) is 1. The Hall–Kier alpha value is -1.35. The maximum absolute atomic E-state index is 5.37. The summed E-state index contributed by atoms with van der Waals surface area (Å²) in [5.74, 6) is 0.806. The van der Waals surface area contributed by atoms with Crippen molar-refractivity contribution in [3.8, 4) is 5.88 Å². The summed E-state index contributed by atoms with van der Waals surface area (Å²) in [7, 11) is 1.98. The van der Waals surface area contributed by atoms with Crippen LogP contribution in [0.2, 0.25) is 0 Å². The van der Waals surface area contributed by atoms with Crippen LogP contribution in [0.4, 0.5) is 0 Å². The largest absolute Gasteiger partial charge is 0.477 e. The number of rotatable bonds is 4. The van der Waals surface area contributed by atoms with Crippen molar-refractivity contribution >= 4 is 6.08 Å². The molecule has 1 aliphatic heterocycles. The van der Waals surface area contributed by atoms with Gasteiger partial charge in [0, 0.05) is 24.2 Å². The van der Waals surface area contributed by atoms with Crippen LogP contribution < -0.4 is 10.1 Å². The molecule has 0 saturated carbocycles. The second-order valence-corrected chi connectivity index (χ2v) is 4.16. The number of hydrogen-bond acceptors (Lipinski definition) is 3. The molecule has 0 aromatic carbocycles. The molecule has 3 nitrogen and oxygen atoms in total. The molecule has 2 heterocycles. The molecule has 0 aliphatic carbocycles. The fraction of sp³-hybridized carbons (Fsp3) is 0.462.